The van der Waals surface area contributed by atoms with Gasteiger partial charge >= 0.3 is 0 Å². The summed E-state index contributed by atoms with van der Waals surface area (Å²) in [6.07, 6.45) is 10.4. The van der Waals surface area contributed by atoms with E-state index in [4.69, 9.17) is 0 Å². The number of hydrogen-bond donors (Lipinski definition) is 2. The largest absolute Gasteiger partial charge is 0.354 e. The molecule has 4 bridgehead atoms. The molecule has 2 atom stereocenters. The van der Waals surface area contributed by atoms with E-state index in [1.54, 1.807) is 18.5 Å². The Balaban J connectivity index is 1.32. The minimum absolute atomic E-state index is 0.128. The summed E-state index contributed by atoms with van der Waals surface area (Å²) in [5, 5.41) is 6.28. The zero-order chi connectivity index (χ0) is 15.9. The number of carbonyl (C=O) groups is 1. The molecular weight excluding hydrogens is 356 g/mol. The lowest BCUT2D eigenvalue weighted by Gasteiger charge is -2.59. The van der Waals surface area contributed by atoms with Gasteiger partial charge in [0.1, 0.15) is 0 Å². The molecule has 4 aliphatic carbocycles. The van der Waals surface area contributed by atoms with Crippen LogP contribution < -0.4 is 10.6 Å². The van der Waals surface area contributed by atoms with Crippen molar-refractivity contribution in [3.63, 3.8) is 0 Å². The number of nitrogens with one attached hydrogen (secondary N) is 2. The third-order valence-corrected chi connectivity index (χ3v) is 6.66. The van der Waals surface area contributed by atoms with E-state index in [0.717, 1.165) is 31.1 Å². The van der Waals surface area contributed by atoms with Crippen molar-refractivity contribution in [1.82, 2.24) is 15.3 Å². The van der Waals surface area contributed by atoms with Crippen LogP contribution in [-0.2, 0) is 4.79 Å². The van der Waals surface area contributed by atoms with Crippen molar-refractivity contribution in [3.05, 3.63) is 18.5 Å². The second-order valence-electron chi connectivity index (χ2n) is 7.65. The van der Waals surface area contributed by atoms with Gasteiger partial charge in [-0.15, -0.1) is 0 Å². The zero-order valence-electron chi connectivity index (χ0n) is 13.2. The Hall–Kier alpha value is -1.17. The molecule has 5 nitrogen and oxygen atoms in total. The van der Waals surface area contributed by atoms with Crippen LogP contribution in [0.15, 0.2) is 18.5 Å². The van der Waals surface area contributed by atoms with E-state index >= 15 is 0 Å². The summed E-state index contributed by atoms with van der Waals surface area (Å²) in [7, 11) is 0. The molecule has 0 aromatic carbocycles. The summed E-state index contributed by atoms with van der Waals surface area (Å²) in [6.45, 7) is 1.27. The van der Waals surface area contributed by atoms with Crippen molar-refractivity contribution in [2.45, 2.75) is 42.8 Å². The first-order valence-corrected chi connectivity index (χ1v) is 9.34. The molecule has 23 heavy (non-hydrogen) atoms. The number of amides is 1. The van der Waals surface area contributed by atoms with Gasteiger partial charge in [0.15, 0.2) is 0 Å². The van der Waals surface area contributed by atoms with E-state index in [0.29, 0.717) is 19.0 Å². The highest BCUT2D eigenvalue weighted by atomic mass is 79.9. The number of aromatic nitrogens is 2. The van der Waals surface area contributed by atoms with Crippen LogP contribution in [-0.4, -0.2) is 33.3 Å². The van der Waals surface area contributed by atoms with Crippen molar-refractivity contribution < 1.29 is 4.79 Å². The van der Waals surface area contributed by atoms with Crippen LogP contribution in [0.3, 0.4) is 0 Å². The van der Waals surface area contributed by atoms with Gasteiger partial charge in [-0.05, 0) is 56.4 Å². The SMILES string of the molecule is O=C(NCCNc1ncccn1)C12C[C@H]3C[C@@H](CC(Br)(C3)C1)C2. The Morgan fingerprint density at radius 2 is 1.87 bits per heavy atom. The smallest absolute Gasteiger partial charge is 0.226 e. The number of halogens is 1. The molecule has 4 aliphatic rings. The van der Waals surface area contributed by atoms with Gasteiger partial charge in [0.2, 0.25) is 11.9 Å². The molecule has 0 spiro atoms. The van der Waals surface area contributed by atoms with E-state index in [1.165, 1.54) is 19.3 Å². The molecule has 1 heterocycles. The fraction of sp³-hybridized carbons (Fsp3) is 0.706. The number of nitrogens with zero attached hydrogens (tertiary/aromatic N) is 2. The molecule has 4 saturated carbocycles. The van der Waals surface area contributed by atoms with Gasteiger partial charge in [0, 0.05) is 29.8 Å². The van der Waals surface area contributed by atoms with Crippen LogP contribution >= 0.6 is 15.9 Å². The van der Waals surface area contributed by atoms with E-state index in [9.17, 15) is 4.79 Å². The molecule has 1 aromatic rings. The monoisotopic (exact) mass is 378 g/mol. The van der Waals surface area contributed by atoms with Gasteiger partial charge < -0.3 is 10.6 Å². The topological polar surface area (TPSA) is 66.9 Å². The Labute approximate surface area is 145 Å². The molecule has 4 fully saturated rings. The number of carbonyl (C=O) groups excluding carboxylic acids is 1. The third-order valence-electron chi connectivity index (χ3n) is 5.73. The number of hydrogen-bond acceptors (Lipinski definition) is 4. The van der Waals surface area contributed by atoms with Crippen LogP contribution in [0.5, 0.6) is 0 Å². The highest BCUT2D eigenvalue weighted by Crippen LogP contribution is 2.64. The van der Waals surface area contributed by atoms with Gasteiger partial charge in [0.05, 0.1) is 5.41 Å². The second-order valence-corrected chi connectivity index (χ2v) is 9.33. The molecule has 0 aliphatic heterocycles. The zero-order valence-corrected chi connectivity index (χ0v) is 14.8. The average Bonchev–Trinajstić information content (AvgIpc) is 2.50. The lowest BCUT2D eigenvalue weighted by molar-refractivity contribution is -0.143. The van der Waals surface area contributed by atoms with Gasteiger partial charge in [-0.25, -0.2) is 9.97 Å². The van der Waals surface area contributed by atoms with E-state index < -0.39 is 0 Å². The third kappa shape index (κ3) is 2.97. The first-order chi connectivity index (χ1) is 11.1. The summed E-state index contributed by atoms with van der Waals surface area (Å²) in [6, 6.07) is 1.79. The summed E-state index contributed by atoms with van der Waals surface area (Å²) in [5.74, 6) is 2.33. The van der Waals surface area contributed by atoms with Crippen LogP contribution in [0.25, 0.3) is 0 Å². The standard InChI is InChI=1S/C17H23BrN4O/c18-17-9-12-6-13(10-17)8-16(7-12,11-17)14(23)19-4-5-22-15-20-2-1-3-21-15/h1-3,12-13H,4-11H2,(H,19,23)(H,20,21,22)/t12-,13-,16?,17?/m1/s1. The fourth-order valence-corrected chi connectivity index (χ4v) is 6.80. The lowest BCUT2D eigenvalue weighted by Crippen LogP contribution is -2.58. The number of rotatable bonds is 5. The van der Waals surface area contributed by atoms with Crippen molar-refractivity contribution in [3.8, 4) is 0 Å². The van der Waals surface area contributed by atoms with Gasteiger partial charge in [-0.3, -0.25) is 4.79 Å². The van der Waals surface area contributed by atoms with Crippen LogP contribution in [0, 0.1) is 17.3 Å². The molecule has 0 unspecified atom stereocenters. The first-order valence-electron chi connectivity index (χ1n) is 8.55. The van der Waals surface area contributed by atoms with Crippen molar-refractivity contribution in [1.29, 1.82) is 0 Å². The Morgan fingerprint density at radius 3 is 2.52 bits per heavy atom. The lowest BCUT2D eigenvalue weighted by atomic mass is 9.49. The van der Waals surface area contributed by atoms with E-state index in [2.05, 4.69) is 36.5 Å². The van der Waals surface area contributed by atoms with Gasteiger partial charge in [-0.1, -0.05) is 15.9 Å². The van der Waals surface area contributed by atoms with E-state index in [1.807, 2.05) is 0 Å². The average molecular weight is 379 g/mol. The maximum atomic E-state index is 12.9. The quantitative estimate of drug-likeness (QED) is 0.610. The van der Waals surface area contributed by atoms with Crippen molar-refractivity contribution in [2.75, 3.05) is 18.4 Å². The molecule has 0 saturated heterocycles. The molecule has 2 N–H and O–H groups in total. The van der Waals surface area contributed by atoms with Crippen LogP contribution in [0.2, 0.25) is 0 Å². The van der Waals surface area contributed by atoms with Crippen molar-refractivity contribution >= 4 is 27.8 Å². The number of alkyl halides is 1. The summed E-state index contributed by atoms with van der Waals surface area (Å²) < 4.78 is 0.227. The maximum absolute atomic E-state index is 12.9. The second kappa shape index (κ2) is 5.72. The Morgan fingerprint density at radius 1 is 1.17 bits per heavy atom. The summed E-state index contributed by atoms with van der Waals surface area (Å²) >= 11 is 3.96. The Bertz CT molecular complexity index is 580. The number of anilines is 1. The highest BCUT2D eigenvalue weighted by molar-refractivity contribution is 9.10. The molecule has 1 aromatic heterocycles. The fourth-order valence-electron chi connectivity index (χ4n) is 5.34. The normalized spacial score (nSPS) is 37.6. The first kappa shape index (κ1) is 15.4. The predicted molar refractivity (Wildman–Crippen MR) is 92.3 cm³/mol. The molecular formula is C17H23BrN4O. The van der Waals surface area contributed by atoms with Gasteiger partial charge in [0.25, 0.3) is 0 Å². The molecule has 124 valence electrons. The Kier molecular flexibility index (Phi) is 3.82. The highest BCUT2D eigenvalue weighted by Gasteiger charge is 2.59. The predicted octanol–water partition coefficient (Wildman–Crippen LogP) is 2.74. The van der Waals surface area contributed by atoms with Crippen molar-refractivity contribution in [2.24, 2.45) is 17.3 Å². The molecule has 6 heteroatoms. The van der Waals surface area contributed by atoms with E-state index in [-0.39, 0.29) is 15.6 Å². The van der Waals surface area contributed by atoms with Gasteiger partial charge in [-0.2, -0.15) is 0 Å². The van der Waals surface area contributed by atoms with Crippen LogP contribution in [0.1, 0.15) is 38.5 Å². The van der Waals surface area contributed by atoms with Crippen LogP contribution in [0.4, 0.5) is 5.95 Å². The molecule has 1 amide bonds. The summed E-state index contributed by atoms with van der Waals surface area (Å²) in [4.78, 5) is 21.1. The summed E-state index contributed by atoms with van der Waals surface area (Å²) in [5.41, 5.74) is -0.128. The minimum atomic E-state index is -0.128. The molecule has 0 radical (unpaired) electrons. The maximum Gasteiger partial charge on any atom is 0.226 e. The minimum Gasteiger partial charge on any atom is -0.354 e. The molecule has 5 rings (SSSR count).